The summed E-state index contributed by atoms with van der Waals surface area (Å²) in [6.07, 6.45) is 4.39. The van der Waals surface area contributed by atoms with E-state index in [1.165, 1.54) is 17.4 Å². The van der Waals surface area contributed by atoms with Gasteiger partial charge in [0.15, 0.2) is 5.11 Å². The average Bonchev–Trinajstić information content (AvgIpc) is 3.06. The van der Waals surface area contributed by atoms with Crippen LogP contribution in [0.5, 0.6) is 0 Å². The van der Waals surface area contributed by atoms with Crippen molar-refractivity contribution in [3.8, 4) is 0 Å². The molecule has 7 heteroatoms. The summed E-state index contributed by atoms with van der Waals surface area (Å²) in [7, 11) is 0. The van der Waals surface area contributed by atoms with Gasteiger partial charge in [0.1, 0.15) is 6.61 Å². The predicted molar refractivity (Wildman–Crippen MR) is 95.4 cm³/mol. The zero-order valence-electron chi connectivity index (χ0n) is 12.8. The molecule has 0 bridgehead atoms. The normalized spacial score (nSPS) is 11.5. The van der Waals surface area contributed by atoms with Crippen LogP contribution < -0.4 is 10.6 Å². The monoisotopic (exact) mass is 349 g/mol. The Hall–Kier alpha value is -1.99. The van der Waals surface area contributed by atoms with Gasteiger partial charge in [0, 0.05) is 24.2 Å². The molecule has 2 heterocycles. The zero-order valence-corrected chi connectivity index (χ0v) is 14.5. The van der Waals surface area contributed by atoms with Gasteiger partial charge in [-0.1, -0.05) is 6.07 Å². The van der Waals surface area contributed by atoms with Gasteiger partial charge in [-0.2, -0.15) is 0 Å². The van der Waals surface area contributed by atoms with E-state index in [0.717, 1.165) is 6.42 Å². The molecule has 1 unspecified atom stereocenters. The summed E-state index contributed by atoms with van der Waals surface area (Å²) in [5.74, 6) is -0.292. The lowest BCUT2D eigenvalue weighted by molar-refractivity contribution is -0.140. The molecular formula is C16H19N3O2S2. The third-order valence-electron chi connectivity index (χ3n) is 3.07. The summed E-state index contributed by atoms with van der Waals surface area (Å²) in [5.41, 5.74) is 1.19. The Morgan fingerprint density at radius 1 is 1.39 bits per heavy atom. The number of pyridine rings is 1. The lowest BCUT2D eigenvalue weighted by Gasteiger charge is -2.20. The van der Waals surface area contributed by atoms with E-state index in [-0.39, 0.29) is 12.0 Å². The molecule has 0 aliphatic heterocycles. The van der Waals surface area contributed by atoms with E-state index in [0.29, 0.717) is 18.3 Å². The van der Waals surface area contributed by atoms with Crippen LogP contribution in [0.15, 0.2) is 42.0 Å². The van der Waals surface area contributed by atoms with Crippen LogP contribution in [0.1, 0.15) is 23.4 Å². The third-order valence-corrected chi connectivity index (χ3v) is 4.32. The molecule has 5 nitrogen and oxygen atoms in total. The van der Waals surface area contributed by atoms with Gasteiger partial charge < -0.3 is 15.4 Å². The van der Waals surface area contributed by atoms with Crippen LogP contribution in [0.2, 0.25) is 0 Å². The van der Waals surface area contributed by atoms with E-state index in [2.05, 4.69) is 21.7 Å². The van der Waals surface area contributed by atoms with Crippen molar-refractivity contribution in [2.75, 3.05) is 13.2 Å². The van der Waals surface area contributed by atoms with E-state index in [1.54, 1.807) is 23.7 Å². The van der Waals surface area contributed by atoms with Crippen LogP contribution in [0.4, 0.5) is 0 Å². The molecule has 23 heavy (non-hydrogen) atoms. The van der Waals surface area contributed by atoms with Gasteiger partial charge in [-0.05, 0) is 47.8 Å². The molecule has 0 fully saturated rings. The van der Waals surface area contributed by atoms with Gasteiger partial charge >= 0.3 is 5.97 Å². The maximum atomic E-state index is 10.7. The van der Waals surface area contributed by atoms with Crippen molar-refractivity contribution in [1.82, 2.24) is 15.6 Å². The van der Waals surface area contributed by atoms with Crippen LogP contribution >= 0.6 is 23.6 Å². The summed E-state index contributed by atoms with van der Waals surface area (Å²) in [4.78, 5) is 16.0. The molecule has 0 amide bonds. The number of nitrogens with one attached hydrogen (secondary N) is 2. The molecule has 0 aliphatic carbocycles. The predicted octanol–water partition coefficient (Wildman–Crippen LogP) is 2.45. The number of nitrogens with zero attached hydrogens (tertiary/aromatic N) is 1. The van der Waals surface area contributed by atoms with Crippen molar-refractivity contribution in [3.05, 3.63) is 52.5 Å². The second-order valence-electron chi connectivity index (χ2n) is 4.87. The van der Waals surface area contributed by atoms with Crippen molar-refractivity contribution >= 4 is 34.6 Å². The SMILES string of the molecule is CC(=O)OCCNC(=S)NC(Cc1ccncc1)c1cccs1. The van der Waals surface area contributed by atoms with Crippen LogP contribution in [-0.2, 0) is 16.0 Å². The second-order valence-corrected chi connectivity index (χ2v) is 6.26. The van der Waals surface area contributed by atoms with Gasteiger partial charge in [-0.3, -0.25) is 9.78 Å². The van der Waals surface area contributed by atoms with Gasteiger partial charge in [0.2, 0.25) is 0 Å². The number of hydrogen-bond donors (Lipinski definition) is 2. The topological polar surface area (TPSA) is 63.2 Å². The minimum Gasteiger partial charge on any atom is -0.464 e. The largest absolute Gasteiger partial charge is 0.464 e. The minimum atomic E-state index is -0.292. The summed E-state index contributed by atoms with van der Waals surface area (Å²) in [5, 5.41) is 8.97. The van der Waals surface area contributed by atoms with E-state index in [1.807, 2.05) is 23.6 Å². The Bertz CT molecular complexity index is 618. The van der Waals surface area contributed by atoms with Gasteiger partial charge in [0.25, 0.3) is 0 Å². The van der Waals surface area contributed by atoms with E-state index < -0.39 is 0 Å². The Labute approximate surface area is 145 Å². The molecule has 0 aromatic carbocycles. The molecule has 122 valence electrons. The number of rotatable bonds is 7. The molecule has 2 aromatic rings. The standard InChI is InChI=1S/C16H19N3O2S2/c1-12(20)21-9-8-18-16(22)19-14(15-3-2-10-23-15)11-13-4-6-17-7-5-13/h2-7,10,14H,8-9,11H2,1H3,(H2,18,19,22). The quantitative estimate of drug-likeness (QED) is 0.455. The Morgan fingerprint density at radius 2 is 2.17 bits per heavy atom. The first-order valence-electron chi connectivity index (χ1n) is 7.25. The van der Waals surface area contributed by atoms with E-state index in [4.69, 9.17) is 17.0 Å². The van der Waals surface area contributed by atoms with Crippen molar-refractivity contribution in [1.29, 1.82) is 0 Å². The number of aromatic nitrogens is 1. The Balaban J connectivity index is 1.90. The molecule has 1 atom stereocenters. The van der Waals surface area contributed by atoms with Crippen LogP contribution in [0, 0.1) is 0 Å². The summed E-state index contributed by atoms with van der Waals surface area (Å²) in [6.45, 7) is 2.17. The number of thiophene rings is 1. The van der Waals surface area contributed by atoms with Crippen molar-refractivity contribution in [2.45, 2.75) is 19.4 Å². The smallest absolute Gasteiger partial charge is 0.302 e. The molecular weight excluding hydrogens is 330 g/mol. The van der Waals surface area contributed by atoms with Gasteiger partial charge in [-0.25, -0.2) is 0 Å². The number of esters is 1. The van der Waals surface area contributed by atoms with Crippen LogP contribution in [0.25, 0.3) is 0 Å². The molecule has 0 aliphatic rings. The summed E-state index contributed by atoms with van der Waals surface area (Å²) in [6, 6.07) is 8.20. The van der Waals surface area contributed by atoms with Crippen LogP contribution in [0.3, 0.4) is 0 Å². The fourth-order valence-electron chi connectivity index (χ4n) is 2.04. The van der Waals surface area contributed by atoms with E-state index >= 15 is 0 Å². The second kappa shape index (κ2) is 9.22. The maximum Gasteiger partial charge on any atom is 0.302 e. The Morgan fingerprint density at radius 3 is 2.83 bits per heavy atom. The molecule has 0 radical (unpaired) electrons. The molecule has 0 saturated carbocycles. The van der Waals surface area contributed by atoms with Gasteiger partial charge in [-0.15, -0.1) is 11.3 Å². The highest BCUT2D eigenvalue weighted by atomic mass is 32.1. The van der Waals surface area contributed by atoms with Gasteiger partial charge in [0.05, 0.1) is 12.6 Å². The minimum absolute atomic E-state index is 0.0890. The lowest BCUT2D eigenvalue weighted by atomic mass is 10.1. The molecule has 2 N–H and O–H groups in total. The highest BCUT2D eigenvalue weighted by Gasteiger charge is 2.14. The molecule has 2 rings (SSSR count). The first kappa shape index (κ1) is 17.4. The first-order chi connectivity index (χ1) is 11.1. The summed E-state index contributed by atoms with van der Waals surface area (Å²) < 4.78 is 4.87. The highest BCUT2D eigenvalue weighted by molar-refractivity contribution is 7.80. The van der Waals surface area contributed by atoms with Crippen LogP contribution in [-0.4, -0.2) is 29.2 Å². The number of hydrogen-bond acceptors (Lipinski definition) is 5. The van der Waals surface area contributed by atoms with E-state index in [9.17, 15) is 4.79 Å². The van der Waals surface area contributed by atoms with Crippen molar-refractivity contribution in [2.24, 2.45) is 0 Å². The zero-order chi connectivity index (χ0) is 16.5. The number of ether oxygens (including phenoxy) is 1. The third kappa shape index (κ3) is 6.33. The fourth-order valence-corrected chi connectivity index (χ4v) is 3.06. The summed E-state index contributed by atoms with van der Waals surface area (Å²) >= 11 is 7.02. The first-order valence-corrected chi connectivity index (χ1v) is 8.54. The van der Waals surface area contributed by atoms with Crippen molar-refractivity contribution in [3.63, 3.8) is 0 Å². The number of thiocarbonyl (C=S) groups is 1. The Kier molecular flexibility index (Phi) is 6.96. The maximum absolute atomic E-state index is 10.7. The lowest BCUT2D eigenvalue weighted by Crippen LogP contribution is -2.39. The molecule has 0 spiro atoms. The average molecular weight is 349 g/mol. The number of carbonyl (C=O) groups is 1. The molecule has 2 aromatic heterocycles. The van der Waals surface area contributed by atoms with Crippen molar-refractivity contribution < 1.29 is 9.53 Å². The fraction of sp³-hybridized carbons (Fsp3) is 0.312. The molecule has 0 saturated heterocycles. The highest BCUT2D eigenvalue weighted by Crippen LogP contribution is 2.22. The number of carbonyl (C=O) groups excluding carboxylic acids is 1.